The number of aryl methyl sites for hydroxylation is 1. The second-order valence-electron chi connectivity index (χ2n) is 3.63. The second-order valence-corrected chi connectivity index (χ2v) is 4.58. The molecular weight excluding hydrogens is 223 g/mol. The Morgan fingerprint density at radius 3 is 3.06 bits per heavy atom. The molecule has 0 saturated carbocycles. The SMILES string of the molecule is Cc1cccc(-n2ncc3sccc32)c1F. The van der Waals surface area contributed by atoms with Gasteiger partial charge in [0.2, 0.25) is 0 Å². The number of nitrogens with zero attached hydrogens (tertiary/aromatic N) is 2. The third kappa shape index (κ3) is 1.27. The predicted molar refractivity (Wildman–Crippen MR) is 63.6 cm³/mol. The number of rotatable bonds is 1. The number of halogens is 1. The summed E-state index contributed by atoms with van der Waals surface area (Å²) in [6.07, 6.45) is 1.77. The number of fused-ring (bicyclic) bond motifs is 1. The first kappa shape index (κ1) is 9.54. The van der Waals surface area contributed by atoms with Crippen molar-refractivity contribution in [1.29, 1.82) is 0 Å². The minimum absolute atomic E-state index is 0.210. The van der Waals surface area contributed by atoms with E-state index in [4.69, 9.17) is 0 Å². The average molecular weight is 232 g/mol. The minimum atomic E-state index is -0.210. The first-order valence-electron chi connectivity index (χ1n) is 4.94. The van der Waals surface area contributed by atoms with Gasteiger partial charge in [-0.25, -0.2) is 9.07 Å². The zero-order chi connectivity index (χ0) is 11.1. The lowest BCUT2D eigenvalue weighted by Gasteiger charge is -2.05. The zero-order valence-corrected chi connectivity index (χ0v) is 9.46. The highest BCUT2D eigenvalue weighted by molar-refractivity contribution is 7.17. The van der Waals surface area contributed by atoms with Crippen LogP contribution in [0.15, 0.2) is 35.8 Å². The van der Waals surface area contributed by atoms with Gasteiger partial charge in [0.1, 0.15) is 5.69 Å². The Kier molecular flexibility index (Phi) is 2.04. The van der Waals surface area contributed by atoms with E-state index in [0.717, 1.165) is 10.2 Å². The molecule has 0 N–H and O–H groups in total. The predicted octanol–water partition coefficient (Wildman–Crippen LogP) is 3.53. The van der Waals surface area contributed by atoms with Crippen molar-refractivity contribution < 1.29 is 4.39 Å². The van der Waals surface area contributed by atoms with Crippen LogP contribution in [0.2, 0.25) is 0 Å². The summed E-state index contributed by atoms with van der Waals surface area (Å²) in [6.45, 7) is 1.76. The standard InChI is InChI=1S/C12H9FN2S/c1-8-3-2-4-10(12(8)13)15-9-5-6-16-11(9)7-14-15/h2-7H,1H3. The number of aromatic nitrogens is 2. The highest BCUT2D eigenvalue weighted by Gasteiger charge is 2.11. The highest BCUT2D eigenvalue weighted by Crippen LogP contribution is 2.25. The molecular formula is C12H9FN2S. The molecule has 0 atom stereocenters. The van der Waals surface area contributed by atoms with Crippen molar-refractivity contribution in [1.82, 2.24) is 9.78 Å². The molecule has 16 heavy (non-hydrogen) atoms. The maximum absolute atomic E-state index is 13.9. The van der Waals surface area contributed by atoms with Gasteiger partial charge in [0.25, 0.3) is 0 Å². The summed E-state index contributed by atoms with van der Waals surface area (Å²) >= 11 is 1.61. The maximum Gasteiger partial charge on any atom is 0.151 e. The van der Waals surface area contributed by atoms with E-state index in [9.17, 15) is 4.39 Å². The molecule has 0 unspecified atom stereocenters. The van der Waals surface area contributed by atoms with Crippen LogP contribution in [0.5, 0.6) is 0 Å². The van der Waals surface area contributed by atoms with Gasteiger partial charge >= 0.3 is 0 Å². The molecule has 0 fully saturated rings. The Morgan fingerprint density at radius 2 is 2.19 bits per heavy atom. The lowest BCUT2D eigenvalue weighted by Crippen LogP contribution is -2.00. The van der Waals surface area contributed by atoms with Gasteiger partial charge in [-0.3, -0.25) is 0 Å². The van der Waals surface area contributed by atoms with Gasteiger partial charge in [-0.2, -0.15) is 5.10 Å². The van der Waals surface area contributed by atoms with Crippen molar-refractivity contribution in [2.75, 3.05) is 0 Å². The lowest BCUT2D eigenvalue weighted by molar-refractivity contribution is 0.604. The molecule has 0 amide bonds. The summed E-state index contributed by atoms with van der Waals surface area (Å²) in [5, 5.41) is 6.20. The van der Waals surface area contributed by atoms with Crippen molar-refractivity contribution in [3.63, 3.8) is 0 Å². The summed E-state index contributed by atoms with van der Waals surface area (Å²) in [4.78, 5) is 0. The molecule has 0 radical (unpaired) electrons. The van der Waals surface area contributed by atoms with Crippen LogP contribution in [0.1, 0.15) is 5.56 Å². The fraction of sp³-hybridized carbons (Fsp3) is 0.0833. The van der Waals surface area contributed by atoms with Gasteiger partial charge in [-0.1, -0.05) is 12.1 Å². The van der Waals surface area contributed by atoms with Crippen LogP contribution in [-0.2, 0) is 0 Å². The smallest absolute Gasteiger partial charge is 0.151 e. The van der Waals surface area contributed by atoms with E-state index in [1.807, 2.05) is 17.5 Å². The average Bonchev–Trinajstić information content (AvgIpc) is 2.84. The fourth-order valence-electron chi connectivity index (χ4n) is 1.75. The molecule has 0 aliphatic rings. The summed E-state index contributed by atoms with van der Waals surface area (Å²) in [5.41, 5.74) is 2.10. The van der Waals surface area contributed by atoms with Crippen molar-refractivity contribution in [3.05, 3.63) is 47.2 Å². The molecule has 0 spiro atoms. The molecule has 2 aromatic heterocycles. The van der Waals surface area contributed by atoms with Crippen LogP contribution in [0, 0.1) is 12.7 Å². The van der Waals surface area contributed by atoms with Crippen molar-refractivity contribution in [2.45, 2.75) is 6.92 Å². The molecule has 0 saturated heterocycles. The molecule has 0 bridgehead atoms. The molecule has 0 aliphatic carbocycles. The Hall–Kier alpha value is -1.68. The van der Waals surface area contributed by atoms with Crippen molar-refractivity contribution in [2.24, 2.45) is 0 Å². The van der Waals surface area contributed by atoms with Gasteiger partial charge in [0.15, 0.2) is 5.82 Å². The third-order valence-corrected chi connectivity index (χ3v) is 3.43. The number of thiophene rings is 1. The normalized spacial score (nSPS) is 11.1. The molecule has 0 aliphatic heterocycles. The summed E-state index contributed by atoms with van der Waals surface area (Å²) in [5.74, 6) is -0.210. The Bertz CT molecular complexity index is 654. The van der Waals surface area contributed by atoms with Crippen LogP contribution < -0.4 is 0 Å². The molecule has 2 heterocycles. The van der Waals surface area contributed by atoms with Gasteiger partial charge in [0, 0.05) is 0 Å². The van der Waals surface area contributed by atoms with E-state index < -0.39 is 0 Å². The molecule has 3 aromatic rings. The van der Waals surface area contributed by atoms with Crippen LogP contribution in [-0.4, -0.2) is 9.78 Å². The van der Waals surface area contributed by atoms with E-state index in [1.165, 1.54) is 0 Å². The summed E-state index contributed by atoms with van der Waals surface area (Å²) in [6, 6.07) is 7.29. The largest absolute Gasteiger partial charge is 0.229 e. The monoisotopic (exact) mass is 232 g/mol. The molecule has 1 aromatic carbocycles. The Balaban J connectivity index is 2.31. The first-order chi connectivity index (χ1) is 7.77. The van der Waals surface area contributed by atoms with E-state index in [-0.39, 0.29) is 5.82 Å². The maximum atomic E-state index is 13.9. The topological polar surface area (TPSA) is 17.8 Å². The molecule has 2 nitrogen and oxygen atoms in total. The molecule has 3 rings (SSSR count). The first-order valence-corrected chi connectivity index (χ1v) is 5.82. The molecule has 4 heteroatoms. The van der Waals surface area contributed by atoms with Crippen molar-refractivity contribution >= 4 is 21.6 Å². The lowest BCUT2D eigenvalue weighted by atomic mass is 10.2. The highest BCUT2D eigenvalue weighted by atomic mass is 32.1. The number of hydrogen-bond acceptors (Lipinski definition) is 2. The van der Waals surface area contributed by atoms with Gasteiger partial charge in [-0.15, -0.1) is 11.3 Å². The van der Waals surface area contributed by atoms with Crippen LogP contribution in [0.25, 0.3) is 15.9 Å². The minimum Gasteiger partial charge on any atom is -0.229 e. The Labute approximate surface area is 95.9 Å². The fourth-order valence-corrected chi connectivity index (χ4v) is 2.47. The van der Waals surface area contributed by atoms with Gasteiger partial charge in [0.05, 0.1) is 16.4 Å². The molecule has 80 valence electrons. The van der Waals surface area contributed by atoms with E-state index >= 15 is 0 Å². The quantitative estimate of drug-likeness (QED) is 0.627. The van der Waals surface area contributed by atoms with Gasteiger partial charge in [-0.05, 0) is 30.0 Å². The van der Waals surface area contributed by atoms with E-state index in [2.05, 4.69) is 5.10 Å². The second kappa shape index (κ2) is 3.42. The number of benzene rings is 1. The van der Waals surface area contributed by atoms with E-state index in [1.54, 1.807) is 41.3 Å². The van der Waals surface area contributed by atoms with E-state index in [0.29, 0.717) is 11.3 Å². The van der Waals surface area contributed by atoms with Gasteiger partial charge < -0.3 is 0 Å². The third-order valence-electron chi connectivity index (χ3n) is 2.59. The van der Waals surface area contributed by atoms with Crippen LogP contribution >= 0.6 is 11.3 Å². The summed E-state index contributed by atoms with van der Waals surface area (Å²) < 4.78 is 16.7. The van der Waals surface area contributed by atoms with Crippen LogP contribution in [0.3, 0.4) is 0 Å². The zero-order valence-electron chi connectivity index (χ0n) is 8.64. The van der Waals surface area contributed by atoms with Crippen LogP contribution in [0.4, 0.5) is 4.39 Å². The Morgan fingerprint density at radius 1 is 1.31 bits per heavy atom. The number of hydrogen-bond donors (Lipinski definition) is 0. The summed E-state index contributed by atoms with van der Waals surface area (Å²) in [7, 11) is 0. The van der Waals surface area contributed by atoms with Crippen molar-refractivity contribution in [3.8, 4) is 5.69 Å².